The molecular weight excluding hydrogens is 227 g/mol. The molecule has 1 aliphatic heterocycles. The van der Waals surface area contributed by atoms with Crippen molar-refractivity contribution in [3.8, 4) is 0 Å². The topological polar surface area (TPSA) is 3.24 Å². The molecular formula is C13H16F3N. The van der Waals surface area contributed by atoms with Crippen LogP contribution in [-0.2, 0) is 6.18 Å². The van der Waals surface area contributed by atoms with Crippen LogP contribution in [0.25, 0.3) is 0 Å². The first-order valence-electron chi connectivity index (χ1n) is 5.79. The van der Waals surface area contributed by atoms with Gasteiger partial charge in [0.05, 0.1) is 5.56 Å². The molecule has 0 aromatic heterocycles. The molecule has 1 aromatic rings. The van der Waals surface area contributed by atoms with Gasteiger partial charge in [0, 0.05) is 25.0 Å². The largest absolute Gasteiger partial charge is 0.416 e. The van der Waals surface area contributed by atoms with Crippen LogP contribution in [0.5, 0.6) is 0 Å². The van der Waals surface area contributed by atoms with Crippen molar-refractivity contribution in [2.24, 2.45) is 0 Å². The summed E-state index contributed by atoms with van der Waals surface area (Å²) in [7, 11) is 0. The fourth-order valence-corrected chi connectivity index (χ4v) is 2.24. The number of hydrogen-bond donors (Lipinski definition) is 0. The van der Waals surface area contributed by atoms with Crippen molar-refractivity contribution in [1.29, 1.82) is 0 Å². The zero-order valence-corrected chi connectivity index (χ0v) is 9.96. The Morgan fingerprint density at radius 2 is 1.76 bits per heavy atom. The minimum atomic E-state index is -4.24. The number of benzene rings is 1. The zero-order chi connectivity index (χ0) is 12.6. The monoisotopic (exact) mass is 243 g/mol. The van der Waals surface area contributed by atoms with Gasteiger partial charge in [-0.25, -0.2) is 0 Å². The third kappa shape index (κ3) is 2.46. The normalized spacial score (nSPS) is 18.5. The maximum absolute atomic E-state index is 12.8. The molecule has 1 aromatic carbocycles. The van der Waals surface area contributed by atoms with Crippen LogP contribution in [0.3, 0.4) is 0 Å². The van der Waals surface area contributed by atoms with Gasteiger partial charge in [-0.3, -0.25) is 4.90 Å². The molecule has 1 fully saturated rings. The van der Waals surface area contributed by atoms with Crippen molar-refractivity contribution in [3.05, 3.63) is 35.4 Å². The van der Waals surface area contributed by atoms with E-state index in [9.17, 15) is 13.2 Å². The lowest BCUT2D eigenvalue weighted by Crippen LogP contribution is -2.49. The van der Waals surface area contributed by atoms with Crippen LogP contribution >= 0.6 is 0 Å². The summed E-state index contributed by atoms with van der Waals surface area (Å²) in [5.74, 6) is 0.0234. The van der Waals surface area contributed by atoms with E-state index in [1.54, 1.807) is 12.1 Å². The molecule has 1 nitrogen and oxygen atoms in total. The van der Waals surface area contributed by atoms with Crippen molar-refractivity contribution in [2.75, 3.05) is 13.1 Å². The van der Waals surface area contributed by atoms with Gasteiger partial charge >= 0.3 is 6.18 Å². The van der Waals surface area contributed by atoms with Crippen LogP contribution in [0, 0.1) is 0 Å². The van der Waals surface area contributed by atoms with Crippen molar-refractivity contribution < 1.29 is 13.2 Å². The fraction of sp³-hybridized carbons (Fsp3) is 0.538. The van der Waals surface area contributed by atoms with Crippen LogP contribution in [0.15, 0.2) is 24.3 Å². The summed E-state index contributed by atoms with van der Waals surface area (Å²) in [6.07, 6.45) is -4.24. The van der Waals surface area contributed by atoms with E-state index >= 15 is 0 Å². The van der Waals surface area contributed by atoms with Crippen LogP contribution in [0.1, 0.15) is 30.9 Å². The van der Waals surface area contributed by atoms with Crippen LogP contribution in [-0.4, -0.2) is 24.0 Å². The molecule has 0 unspecified atom stereocenters. The molecule has 1 heterocycles. The van der Waals surface area contributed by atoms with E-state index in [0.29, 0.717) is 11.6 Å². The molecule has 4 heteroatoms. The van der Waals surface area contributed by atoms with Crippen LogP contribution in [0.2, 0.25) is 0 Å². The molecule has 0 spiro atoms. The molecule has 1 saturated heterocycles. The average Bonchev–Trinajstić information content (AvgIpc) is 2.13. The lowest BCUT2D eigenvalue weighted by atomic mass is 9.87. The lowest BCUT2D eigenvalue weighted by molar-refractivity contribution is -0.138. The molecule has 0 atom stereocenters. The van der Waals surface area contributed by atoms with Gasteiger partial charge in [0.25, 0.3) is 0 Å². The third-order valence-corrected chi connectivity index (χ3v) is 3.35. The van der Waals surface area contributed by atoms with Crippen LogP contribution < -0.4 is 0 Å². The number of halogens is 3. The van der Waals surface area contributed by atoms with Crippen molar-refractivity contribution in [2.45, 2.75) is 32.0 Å². The van der Waals surface area contributed by atoms with Gasteiger partial charge in [0.1, 0.15) is 0 Å². The van der Waals surface area contributed by atoms with Gasteiger partial charge in [-0.05, 0) is 25.5 Å². The molecule has 0 N–H and O–H groups in total. The minimum absolute atomic E-state index is 0.0234. The van der Waals surface area contributed by atoms with Gasteiger partial charge in [0.15, 0.2) is 0 Å². The average molecular weight is 243 g/mol. The Balaban J connectivity index is 2.18. The zero-order valence-electron chi connectivity index (χ0n) is 9.96. The fourth-order valence-electron chi connectivity index (χ4n) is 2.24. The third-order valence-electron chi connectivity index (χ3n) is 3.35. The highest BCUT2D eigenvalue weighted by molar-refractivity contribution is 5.34. The number of rotatable bonds is 2. The molecule has 17 heavy (non-hydrogen) atoms. The van der Waals surface area contributed by atoms with E-state index in [2.05, 4.69) is 18.7 Å². The molecule has 1 aliphatic rings. The van der Waals surface area contributed by atoms with Gasteiger partial charge in [0.2, 0.25) is 0 Å². The Labute approximate surface area is 99.2 Å². The summed E-state index contributed by atoms with van der Waals surface area (Å²) in [5, 5.41) is 0. The maximum Gasteiger partial charge on any atom is 0.416 e. The molecule has 0 saturated carbocycles. The van der Waals surface area contributed by atoms with Gasteiger partial charge < -0.3 is 0 Å². The Bertz CT molecular complexity index is 392. The summed E-state index contributed by atoms with van der Waals surface area (Å²) in [4.78, 5) is 2.18. The predicted octanol–water partition coefficient (Wildman–Crippen LogP) is 3.51. The maximum atomic E-state index is 12.8. The molecule has 2 rings (SSSR count). The van der Waals surface area contributed by atoms with Crippen molar-refractivity contribution in [3.63, 3.8) is 0 Å². The summed E-state index contributed by atoms with van der Waals surface area (Å²) in [6, 6.07) is 6.32. The lowest BCUT2D eigenvalue weighted by Gasteiger charge is -2.43. The highest BCUT2D eigenvalue weighted by Gasteiger charge is 2.38. The summed E-state index contributed by atoms with van der Waals surface area (Å²) < 4.78 is 38.4. The van der Waals surface area contributed by atoms with Crippen molar-refractivity contribution in [1.82, 2.24) is 4.90 Å². The Hall–Kier alpha value is -1.03. The minimum Gasteiger partial charge on any atom is -0.300 e. The first-order chi connectivity index (χ1) is 7.89. The Morgan fingerprint density at radius 1 is 1.18 bits per heavy atom. The van der Waals surface area contributed by atoms with E-state index in [1.165, 1.54) is 12.1 Å². The number of alkyl halides is 3. The Kier molecular flexibility index (Phi) is 3.17. The van der Waals surface area contributed by atoms with Gasteiger partial charge in [-0.1, -0.05) is 18.2 Å². The van der Waals surface area contributed by atoms with E-state index in [-0.39, 0.29) is 5.92 Å². The molecule has 0 amide bonds. The highest BCUT2D eigenvalue weighted by atomic mass is 19.4. The van der Waals surface area contributed by atoms with Gasteiger partial charge in [-0.15, -0.1) is 0 Å². The van der Waals surface area contributed by atoms with Crippen LogP contribution in [0.4, 0.5) is 13.2 Å². The summed E-state index contributed by atoms with van der Waals surface area (Å²) >= 11 is 0. The first kappa shape index (κ1) is 12.4. The Morgan fingerprint density at radius 3 is 2.29 bits per heavy atom. The predicted molar refractivity (Wildman–Crippen MR) is 60.9 cm³/mol. The van der Waals surface area contributed by atoms with Gasteiger partial charge in [-0.2, -0.15) is 13.2 Å². The number of hydrogen-bond acceptors (Lipinski definition) is 1. The van der Waals surface area contributed by atoms with E-state index in [0.717, 1.165) is 13.1 Å². The standard InChI is InChI=1S/C13H16F3N/c1-9(2)17-7-10(8-17)11-5-3-4-6-12(11)13(14,15)16/h3-6,9-10H,7-8H2,1-2H3. The smallest absolute Gasteiger partial charge is 0.300 e. The second-order valence-electron chi connectivity index (χ2n) is 4.83. The van der Waals surface area contributed by atoms with E-state index in [4.69, 9.17) is 0 Å². The van der Waals surface area contributed by atoms with E-state index in [1.807, 2.05) is 0 Å². The molecule has 0 bridgehead atoms. The number of nitrogens with zero attached hydrogens (tertiary/aromatic N) is 1. The van der Waals surface area contributed by atoms with Crippen molar-refractivity contribution >= 4 is 0 Å². The summed E-state index contributed by atoms with van der Waals surface area (Å²) in [6.45, 7) is 5.58. The van der Waals surface area contributed by atoms with E-state index < -0.39 is 11.7 Å². The SMILES string of the molecule is CC(C)N1CC(c2ccccc2C(F)(F)F)C1. The molecule has 0 radical (unpaired) electrons. The molecule has 94 valence electrons. The second kappa shape index (κ2) is 4.33. The quantitative estimate of drug-likeness (QED) is 0.768. The summed E-state index contributed by atoms with van der Waals surface area (Å²) in [5.41, 5.74) is -0.0368. The number of likely N-dealkylation sites (tertiary alicyclic amines) is 1. The highest BCUT2D eigenvalue weighted by Crippen LogP contribution is 2.38. The first-order valence-corrected chi connectivity index (χ1v) is 5.79. The second-order valence-corrected chi connectivity index (χ2v) is 4.83. The molecule has 0 aliphatic carbocycles.